The second-order valence-electron chi connectivity index (χ2n) is 6.27. The van der Waals surface area contributed by atoms with Crippen molar-refractivity contribution < 1.29 is 4.39 Å². The largest absolute Gasteiger partial charge is 0.356 e. The highest BCUT2D eigenvalue weighted by molar-refractivity contribution is 7.99. The molecule has 1 aliphatic carbocycles. The maximum Gasteiger partial charge on any atom is 0.191 e. The molecule has 1 atom stereocenters. The summed E-state index contributed by atoms with van der Waals surface area (Å²) in [6.45, 7) is 0.815. The molecule has 2 fully saturated rings. The topological polar surface area (TPSA) is 36.4 Å². The van der Waals surface area contributed by atoms with E-state index >= 15 is 0 Å². The summed E-state index contributed by atoms with van der Waals surface area (Å²) in [7, 11) is 1.81. The normalized spacial score (nSPS) is 23.9. The molecule has 1 heterocycles. The van der Waals surface area contributed by atoms with Crippen molar-refractivity contribution in [3.63, 3.8) is 0 Å². The number of hydrogen-bond donors (Lipinski definition) is 2. The van der Waals surface area contributed by atoms with Gasteiger partial charge in [-0.05, 0) is 49.1 Å². The van der Waals surface area contributed by atoms with Gasteiger partial charge < -0.3 is 10.6 Å². The van der Waals surface area contributed by atoms with Gasteiger partial charge in [-0.25, -0.2) is 4.39 Å². The van der Waals surface area contributed by atoms with Crippen LogP contribution in [0.1, 0.15) is 31.2 Å². The average Bonchev–Trinajstić information content (AvgIpc) is 3.34. The Bertz CT molecular complexity index is 536. The predicted octanol–water partition coefficient (Wildman–Crippen LogP) is 2.92. The second-order valence-corrected chi connectivity index (χ2v) is 7.42. The van der Waals surface area contributed by atoms with Crippen LogP contribution in [0.15, 0.2) is 29.3 Å². The fraction of sp³-hybridized carbons (Fsp3) is 0.588. The van der Waals surface area contributed by atoms with E-state index in [1.807, 2.05) is 24.9 Å². The quantitative estimate of drug-likeness (QED) is 0.661. The molecular weight excluding hydrogens is 297 g/mol. The molecule has 1 saturated carbocycles. The molecule has 1 aromatic rings. The molecule has 0 spiro atoms. The summed E-state index contributed by atoms with van der Waals surface area (Å²) >= 11 is 2.00. The number of nitrogens with zero attached hydrogens (tertiary/aromatic N) is 1. The van der Waals surface area contributed by atoms with Crippen LogP contribution in [-0.4, -0.2) is 37.1 Å². The zero-order valence-corrected chi connectivity index (χ0v) is 13.9. The van der Waals surface area contributed by atoms with Gasteiger partial charge in [0.05, 0.1) is 0 Å². The predicted molar refractivity (Wildman–Crippen MR) is 92.2 cm³/mol. The molecule has 2 aliphatic rings. The van der Waals surface area contributed by atoms with Crippen molar-refractivity contribution in [2.75, 3.05) is 25.1 Å². The minimum absolute atomic E-state index is 0.0844. The first-order chi connectivity index (χ1) is 10.7. The van der Waals surface area contributed by atoms with E-state index in [0.29, 0.717) is 6.04 Å². The van der Waals surface area contributed by atoms with Gasteiger partial charge in [0.2, 0.25) is 0 Å². The number of benzene rings is 1. The Hall–Kier alpha value is -1.23. The number of nitrogens with one attached hydrogen (secondary N) is 2. The van der Waals surface area contributed by atoms with Gasteiger partial charge in [0.15, 0.2) is 5.96 Å². The van der Waals surface area contributed by atoms with Crippen LogP contribution < -0.4 is 10.6 Å². The lowest BCUT2D eigenvalue weighted by Crippen LogP contribution is -2.47. The van der Waals surface area contributed by atoms with E-state index in [0.717, 1.165) is 36.7 Å². The van der Waals surface area contributed by atoms with Crippen molar-refractivity contribution >= 4 is 17.7 Å². The van der Waals surface area contributed by atoms with Gasteiger partial charge in [-0.3, -0.25) is 4.99 Å². The maximum absolute atomic E-state index is 13.4. The number of hydrogen-bond acceptors (Lipinski definition) is 2. The molecule has 2 N–H and O–H groups in total. The van der Waals surface area contributed by atoms with Crippen LogP contribution in [0, 0.1) is 5.82 Å². The Kier molecular flexibility index (Phi) is 4.91. The van der Waals surface area contributed by atoms with Crippen molar-refractivity contribution in [3.8, 4) is 0 Å². The van der Waals surface area contributed by atoms with Crippen LogP contribution >= 0.6 is 11.8 Å². The first-order valence-electron chi connectivity index (χ1n) is 8.03. The van der Waals surface area contributed by atoms with E-state index in [1.165, 1.54) is 24.7 Å². The lowest BCUT2D eigenvalue weighted by Gasteiger charge is -2.26. The minimum Gasteiger partial charge on any atom is -0.356 e. The van der Waals surface area contributed by atoms with Crippen molar-refractivity contribution in [3.05, 3.63) is 35.6 Å². The van der Waals surface area contributed by atoms with Crippen LogP contribution in [0.5, 0.6) is 0 Å². The Morgan fingerprint density at radius 2 is 2.32 bits per heavy atom. The van der Waals surface area contributed by atoms with E-state index in [2.05, 4.69) is 15.6 Å². The molecule has 0 aromatic heterocycles. The van der Waals surface area contributed by atoms with Gasteiger partial charge in [0.1, 0.15) is 5.82 Å². The van der Waals surface area contributed by atoms with Crippen molar-refractivity contribution in [1.82, 2.24) is 10.6 Å². The Morgan fingerprint density at radius 3 is 2.95 bits per heavy atom. The summed E-state index contributed by atoms with van der Waals surface area (Å²) in [6, 6.07) is 7.52. The first-order valence-corrected chi connectivity index (χ1v) is 9.18. The third-order valence-corrected chi connectivity index (χ3v) is 5.82. The second kappa shape index (κ2) is 6.90. The fourth-order valence-electron chi connectivity index (χ4n) is 3.03. The fourth-order valence-corrected chi connectivity index (χ4v) is 4.10. The lowest BCUT2D eigenvalue weighted by molar-refractivity contribution is 0.569. The van der Waals surface area contributed by atoms with Crippen molar-refractivity contribution in [1.29, 1.82) is 0 Å². The van der Waals surface area contributed by atoms with E-state index in [-0.39, 0.29) is 11.2 Å². The van der Waals surface area contributed by atoms with Gasteiger partial charge in [0, 0.05) is 30.8 Å². The number of halogens is 1. The zero-order valence-electron chi connectivity index (χ0n) is 13.1. The van der Waals surface area contributed by atoms with Crippen molar-refractivity contribution in [2.45, 2.75) is 37.1 Å². The molecule has 0 bridgehead atoms. The SMILES string of the molecule is CN=C(NCC1(c2cccc(F)c2)CC1)NC1CCCSC1. The summed E-state index contributed by atoms with van der Waals surface area (Å²) < 4.78 is 13.4. The van der Waals surface area contributed by atoms with Crippen LogP contribution in [0.2, 0.25) is 0 Å². The van der Waals surface area contributed by atoms with Crippen LogP contribution in [0.3, 0.4) is 0 Å². The van der Waals surface area contributed by atoms with Crippen LogP contribution in [0.4, 0.5) is 4.39 Å². The smallest absolute Gasteiger partial charge is 0.191 e. The molecular formula is C17H24FN3S. The molecule has 1 aromatic carbocycles. The molecule has 1 aliphatic heterocycles. The van der Waals surface area contributed by atoms with Gasteiger partial charge >= 0.3 is 0 Å². The van der Waals surface area contributed by atoms with Gasteiger partial charge in [-0.15, -0.1) is 0 Å². The van der Waals surface area contributed by atoms with Gasteiger partial charge in [-0.1, -0.05) is 12.1 Å². The van der Waals surface area contributed by atoms with Crippen LogP contribution in [-0.2, 0) is 5.41 Å². The molecule has 120 valence electrons. The van der Waals surface area contributed by atoms with E-state index in [9.17, 15) is 4.39 Å². The number of thioether (sulfide) groups is 1. The van der Waals surface area contributed by atoms with Crippen molar-refractivity contribution in [2.24, 2.45) is 4.99 Å². The first kappa shape index (κ1) is 15.7. The number of rotatable bonds is 4. The standard InChI is InChI=1S/C17H24FN3S/c1-19-16(21-15-6-3-9-22-11-15)20-12-17(7-8-17)13-4-2-5-14(18)10-13/h2,4-5,10,15H,3,6-9,11-12H2,1H3,(H2,19,20,21). The van der Waals surface area contributed by atoms with Gasteiger partial charge in [-0.2, -0.15) is 11.8 Å². The van der Waals surface area contributed by atoms with Crippen LogP contribution in [0.25, 0.3) is 0 Å². The highest BCUT2D eigenvalue weighted by Crippen LogP contribution is 2.47. The molecule has 0 radical (unpaired) electrons. The molecule has 3 nitrogen and oxygen atoms in total. The third-order valence-electron chi connectivity index (χ3n) is 4.61. The molecule has 22 heavy (non-hydrogen) atoms. The Balaban J connectivity index is 1.56. The molecule has 5 heteroatoms. The van der Waals surface area contributed by atoms with E-state index < -0.39 is 0 Å². The van der Waals surface area contributed by atoms with E-state index in [4.69, 9.17) is 0 Å². The highest BCUT2D eigenvalue weighted by atomic mass is 32.2. The zero-order chi connectivity index (χ0) is 15.4. The summed E-state index contributed by atoms with van der Waals surface area (Å²) in [5.41, 5.74) is 1.18. The summed E-state index contributed by atoms with van der Waals surface area (Å²) in [5, 5.41) is 6.96. The third kappa shape index (κ3) is 3.75. The Morgan fingerprint density at radius 1 is 1.45 bits per heavy atom. The molecule has 3 rings (SSSR count). The van der Waals surface area contributed by atoms with Gasteiger partial charge in [0.25, 0.3) is 0 Å². The number of aliphatic imine (C=N–C) groups is 1. The molecule has 1 saturated heterocycles. The van der Waals surface area contributed by atoms with E-state index in [1.54, 1.807) is 12.1 Å². The summed E-state index contributed by atoms with van der Waals surface area (Å²) in [4.78, 5) is 4.34. The maximum atomic E-state index is 13.4. The minimum atomic E-state index is -0.148. The average molecular weight is 321 g/mol. The Labute approximate surface area is 136 Å². The lowest BCUT2D eigenvalue weighted by atomic mass is 9.96. The highest BCUT2D eigenvalue weighted by Gasteiger charge is 2.44. The summed E-state index contributed by atoms with van der Waals surface area (Å²) in [6.07, 6.45) is 4.70. The summed E-state index contributed by atoms with van der Waals surface area (Å²) in [5.74, 6) is 3.14. The molecule has 0 amide bonds. The molecule has 1 unspecified atom stereocenters. The number of guanidine groups is 1. The monoisotopic (exact) mass is 321 g/mol.